The molecule has 0 saturated heterocycles. The molecule has 0 spiro atoms. The SMILES string of the molecule is O=C(COc1ccc(Oc2cnc3cc(Cl)ccc3n2)cc1)Nc1ccc(Cl)cc1F. The fourth-order valence-corrected chi connectivity index (χ4v) is 2.99. The van der Waals surface area contributed by atoms with Crippen LogP contribution in [0.15, 0.2) is 66.9 Å². The molecule has 0 atom stereocenters. The van der Waals surface area contributed by atoms with Crippen molar-refractivity contribution < 1.29 is 18.7 Å². The smallest absolute Gasteiger partial charge is 0.262 e. The number of carbonyl (C=O) groups is 1. The number of aromatic nitrogens is 2. The first kappa shape index (κ1) is 20.8. The van der Waals surface area contributed by atoms with Crippen molar-refractivity contribution in [1.82, 2.24) is 9.97 Å². The summed E-state index contributed by atoms with van der Waals surface area (Å²) < 4.78 is 24.9. The number of anilines is 1. The van der Waals surface area contributed by atoms with E-state index in [2.05, 4.69) is 15.3 Å². The summed E-state index contributed by atoms with van der Waals surface area (Å²) >= 11 is 11.6. The van der Waals surface area contributed by atoms with Crippen LogP contribution in [-0.2, 0) is 4.79 Å². The summed E-state index contributed by atoms with van der Waals surface area (Å²) in [5, 5.41) is 3.25. The van der Waals surface area contributed by atoms with Crippen LogP contribution in [0.3, 0.4) is 0 Å². The quantitative estimate of drug-likeness (QED) is 0.390. The molecule has 0 aliphatic carbocycles. The minimum Gasteiger partial charge on any atom is -0.484 e. The van der Waals surface area contributed by atoms with Crippen LogP contribution in [0.1, 0.15) is 0 Å². The highest BCUT2D eigenvalue weighted by molar-refractivity contribution is 6.31. The Morgan fingerprint density at radius 2 is 1.65 bits per heavy atom. The van der Waals surface area contributed by atoms with Crippen LogP contribution in [0.5, 0.6) is 17.4 Å². The maximum absolute atomic E-state index is 13.7. The van der Waals surface area contributed by atoms with E-state index < -0.39 is 11.7 Å². The molecule has 0 radical (unpaired) electrons. The van der Waals surface area contributed by atoms with Gasteiger partial charge in [-0.2, -0.15) is 0 Å². The number of carbonyl (C=O) groups excluding carboxylic acids is 1. The van der Waals surface area contributed by atoms with Crippen molar-refractivity contribution in [3.63, 3.8) is 0 Å². The molecule has 1 aromatic heterocycles. The number of halogens is 3. The predicted octanol–water partition coefficient (Wildman–Crippen LogP) is 5.89. The van der Waals surface area contributed by atoms with Crippen molar-refractivity contribution >= 4 is 45.8 Å². The number of benzene rings is 3. The lowest BCUT2D eigenvalue weighted by Crippen LogP contribution is -2.20. The van der Waals surface area contributed by atoms with E-state index in [0.29, 0.717) is 33.4 Å². The largest absolute Gasteiger partial charge is 0.484 e. The first-order valence-electron chi connectivity index (χ1n) is 9.04. The summed E-state index contributed by atoms with van der Waals surface area (Å²) in [5.41, 5.74) is 1.35. The van der Waals surface area contributed by atoms with Gasteiger partial charge in [-0.15, -0.1) is 0 Å². The normalized spacial score (nSPS) is 10.7. The second-order valence-corrected chi connectivity index (χ2v) is 7.25. The third-order valence-electron chi connectivity index (χ3n) is 4.10. The van der Waals surface area contributed by atoms with Crippen molar-refractivity contribution in [3.8, 4) is 17.4 Å². The van der Waals surface area contributed by atoms with Crippen molar-refractivity contribution in [2.75, 3.05) is 11.9 Å². The van der Waals surface area contributed by atoms with E-state index in [4.69, 9.17) is 32.7 Å². The van der Waals surface area contributed by atoms with Gasteiger partial charge in [-0.3, -0.25) is 4.79 Å². The van der Waals surface area contributed by atoms with Crippen molar-refractivity contribution in [2.45, 2.75) is 0 Å². The molecule has 4 rings (SSSR count). The Hall–Kier alpha value is -3.42. The van der Waals surface area contributed by atoms with Crippen LogP contribution in [0, 0.1) is 5.82 Å². The zero-order valence-electron chi connectivity index (χ0n) is 15.8. The Morgan fingerprint density at radius 1 is 0.935 bits per heavy atom. The van der Waals surface area contributed by atoms with E-state index in [-0.39, 0.29) is 17.3 Å². The molecule has 0 bridgehead atoms. The zero-order chi connectivity index (χ0) is 21.8. The lowest BCUT2D eigenvalue weighted by molar-refractivity contribution is -0.118. The Bertz CT molecular complexity index is 1250. The molecular formula is C22H14Cl2FN3O3. The molecule has 9 heteroatoms. The first-order valence-corrected chi connectivity index (χ1v) is 9.80. The number of fused-ring (bicyclic) bond motifs is 1. The van der Waals surface area contributed by atoms with Crippen LogP contribution in [0.2, 0.25) is 10.0 Å². The van der Waals surface area contributed by atoms with Crippen molar-refractivity contribution in [1.29, 1.82) is 0 Å². The van der Waals surface area contributed by atoms with Crippen LogP contribution < -0.4 is 14.8 Å². The molecule has 0 aliphatic heterocycles. The molecule has 156 valence electrons. The van der Waals surface area contributed by atoms with Gasteiger partial charge in [0.2, 0.25) is 5.88 Å². The summed E-state index contributed by atoms with van der Waals surface area (Å²) in [6, 6.07) is 15.8. The summed E-state index contributed by atoms with van der Waals surface area (Å²) in [5.74, 6) is 0.157. The molecule has 0 aliphatic rings. The average Bonchev–Trinajstić information content (AvgIpc) is 2.75. The second-order valence-electron chi connectivity index (χ2n) is 6.38. The molecule has 0 saturated carbocycles. The molecule has 3 aromatic carbocycles. The van der Waals surface area contributed by atoms with Gasteiger partial charge in [0, 0.05) is 10.0 Å². The van der Waals surface area contributed by atoms with E-state index in [9.17, 15) is 9.18 Å². The third kappa shape index (κ3) is 5.39. The Labute approximate surface area is 186 Å². The van der Waals surface area contributed by atoms with Gasteiger partial charge in [-0.25, -0.2) is 14.4 Å². The van der Waals surface area contributed by atoms with E-state index in [1.54, 1.807) is 42.5 Å². The van der Waals surface area contributed by atoms with E-state index >= 15 is 0 Å². The maximum Gasteiger partial charge on any atom is 0.262 e. The molecule has 0 unspecified atom stereocenters. The van der Waals surface area contributed by atoms with Gasteiger partial charge in [0.1, 0.15) is 17.3 Å². The zero-order valence-corrected chi connectivity index (χ0v) is 17.3. The third-order valence-corrected chi connectivity index (χ3v) is 4.57. The highest BCUT2D eigenvalue weighted by Crippen LogP contribution is 2.24. The van der Waals surface area contributed by atoms with Crippen molar-refractivity contribution in [3.05, 3.63) is 82.7 Å². The van der Waals surface area contributed by atoms with Crippen LogP contribution in [0.25, 0.3) is 11.0 Å². The topological polar surface area (TPSA) is 73.3 Å². The Balaban J connectivity index is 1.33. The molecule has 4 aromatic rings. The number of nitrogens with zero attached hydrogens (tertiary/aromatic N) is 2. The Morgan fingerprint density at radius 3 is 2.42 bits per heavy atom. The fraction of sp³-hybridized carbons (Fsp3) is 0.0455. The minimum atomic E-state index is -0.623. The molecule has 1 amide bonds. The summed E-state index contributed by atoms with van der Waals surface area (Å²) in [6.07, 6.45) is 1.50. The van der Waals surface area contributed by atoms with Crippen LogP contribution in [0.4, 0.5) is 10.1 Å². The standard InChI is InChI=1S/C22H14Cl2FN3O3/c23-13-1-7-18(17(25)9-13)27-21(29)12-30-15-3-5-16(6-4-15)31-22-11-26-20-10-14(24)2-8-19(20)28-22/h1-11H,12H2,(H,27,29). The number of ether oxygens (including phenoxy) is 2. The molecule has 31 heavy (non-hydrogen) atoms. The monoisotopic (exact) mass is 457 g/mol. The molecule has 6 nitrogen and oxygen atoms in total. The van der Waals surface area contributed by atoms with Gasteiger partial charge in [-0.1, -0.05) is 23.2 Å². The molecule has 1 N–H and O–H groups in total. The lowest BCUT2D eigenvalue weighted by atomic mass is 10.3. The van der Waals surface area contributed by atoms with Gasteiger partial charge in [0.25, 0.3) is 5.91 Å². The number of hydrogen-bond donors (Lipinski definition) is 1. The van der Waals surface area contributed by atoms with Crippen LogP contribution in [-0.4, -0.2) is 22.5 Å². The molecule has 1 heterocycles. The van der Waals surface area contributed by atoms with Gasteiger partial charge in [0.15, 0.2) is 6.61 Å². The minimum absolute atomic E-state index is 0.0283. The summed E-state index contributed by atoms with van der Waals surface area (Å²) in [6.45, 7) is -0.291. The van der Waals surface area contributed by atoms with Gasteiger partial charge < -0.3 is 14.8 Å². The molecular weight excluding hydrogens is 444 g/mol. The number of nitrogens with one attached hydrogen (secondary N) is 1. The summed E-state index contributed by atoms with van der Waals surface area (Å²) in [4.78, 5) is 20.6. The summed E-state index contributed by atoms with van der Waals surface area (Å²) in [7, 11) is 0. The second kappa shape index (κ2) is 9.16. The average molecular weight is 458 g/mol. The number of rotatable bonds is 6. The first-order chi connectivity index (χ1) is 15.0. The predicted molar refractivity (Wildman–Crippen MR) is 117 cm³/mol. The number of hydrogen-bond acceptors (Lipinski definition) is 5. The maximum atomic E-state index is 13.7. The van der Waals surface area contributed by atoms with Gasteiger partial charge in [-0.05, 0) is 60.7 Å². The highest BCUT2D eigenvalue weighted by Gasteiger charge is 2.09. The van der Waals surface area contributed by atoms with E-state index in [1.807, 2.05) is 0 Å². The molecule has 0 fully saturated rings. The van der Waals surface area contributed by atoms with Crippen molar-refractivity contribution in [2.24, 2.45) is 0 Å². The lowest BCUT2D eigenvalue weighted by Gasteiger charge is -2.09. The number of amides is 1. The van der Waals surface area contributed by atoms with Gasteiger partial charge >= 0.3 is 0 Å². The van der Waals surface area contributed by atoms with Gasteiger partial charge in [0.05, 0.1) is 22.9 Å². The highest BCUT2D eigenvalue weighted by atomic mass is 35.5. The Kier molecular flexibility index (Phi) is 6.16. The van der Waals surface area contributed by atoms with E-state index in [0.717, 1.165) is 6.07 Å². The van der Waals surface area contributed by atoms with E-state index in [1.165, 1.54) is 18.3 Å². The van der Waals surface area contributed by atoms with Crippen LogP contribution >= 0.6 is 23.2 Å². The fourth-order valence-electron chi connectivity index (χ4n) is 2.67.